The number of rotatable bonds is 1. The number of hydrogen-bond acceptors (Lipinski definition) is 2. The maximum atomic E-state index is 10.7. The summed E-state index contributed by atoms with van der Waals surface area (Å²) in [5.41, 5.74) is 2.19. The minimum atomic E-state index is 0.299. The largest absolute Gasteiger partial charge is 0.297 e. The van der Waals surface area contributed by atoms with Gasteiger partial charge in [-0.05, 0) is 30.3 Å². The third-order valence-electron chi connectivity index (χ3n) is 3.49. The van der Waals surface area contributed by atoms with Gasteiger partial charge in [-0.15, -0.1) is 0 Å². The molecule has 1 fully saturated rings. The fourth-order valence-corrected chi connectivity index (χ4v) is 2.51. The number of allylic oxidation sites excluding steroid dienone is 1. The molecular weight excluding hydrogens is 174 g/mol. The number of aliphatic imine (C=N–C) groups is 1. The molecule has 1 saturated carbocycles. The van der Waals surface area contributed by atoms with Crippen molar-refractivity contribution in [3.05, 3.63) is 11.6 Å². The van der Waals surface area contributed by atoms with E-state index in [1.54, 1.807) is 0 Å². The first-order valence-corrected chi connectivity index (χ1v) is 5.44. The molecule has 0 amide bonds. The van der Waals surface area contributed by atoms with Crippen LogP contribution in [0.1, 0.15) is 33.1 Å². The van der Waals surface area contributed by atoms with Crippen molar-refractivity contribution in [2.75, 3.05) is 0 Å². The Balaban J connectivity index is 2.26. The summed E-state index contributed by atoms with van der Waals surface area (Å²) in [6.45, 7) is 4.51. The van der Waals surface area contributed by atoms with Gasteiger partial charge in [0.05, 0.1) is 11.8 Å². The molecule has 3 unspecified atom stereocenters. The van der Waals surface area contributed by atoms with Gasteiger partial charge in [-0.25, -0.2) is 0 Å². The molecule has 0 aromatic heterocycles. The van der Waals surface area contributed by atoms with Gasteiger partial charge in [-0.2, -0.15) is 0 Å². The van der Waals surface area contributed by atoms with Crippen LogP contribution in [0.2, 0.25) is 0 Å². The van der Waals surface area contributed by atoms with E-state index in [0.717, 1.165) is 18.4 Å². The summed E-state index contributed by atoms with van der Waals surface area (Å²) in [6, 6.07) is 0.299. The summed E-state index contributed by atoms with van der Waals surface area (Å²) < 4.78 is 0. The van der Waals surface area contributed by atoms with Crippen LogP contribution in [-0.2, 0) is 4.79 Å². The Hall–Kier alpha value is -0.920. The van der Waals surface area contributed by atoms with Crippen LogP contribution in [0.15, 0.2) is 16.6 Å². The van der Waals surface area contributed by atoms with Crippen LogP contribution in [0, 0.1) is 11.8 Å². The number of dihydropyridines is 1. The smallest absolute Gasteiger partial charge is 0.164 e. The third kappa shape index (κ3) is 1.54. The summed E-state index contributed by atoms with van der Waals surface area (Å²) in [5.74, 6) is 1.26. The average molecular weight is 191 g/mol. The highest BCUT2D eigenvalue weighted by molar-refractivity contribution is 6.29. The Morgan fingerprint density at radius 1 is 1.43 bits per heavy atom. The van der Waals surface area contributed by atoms with Gasteiger partial charge in [0.25, 0.3) is 0 Å². The molecule has 2 nitrogen and oxygen atoms in total. The Labute approximate surface area is 85.1 Å². The van der Waals surface area contributed by atoms with Crippen molar-refractivity contribution in [3.8, 4) is 0 Å². The Kier molecular flexibility index (Phi) is 2.53. The zero-order chi connectivity index (χ0) is 10.1. The van der Waals surface area contributed by atoms with E-state index in [9.17, 15) is 4.79 Å². The monoisotopic (exact) mass is 191 g/mol. The van der Waals surface area contributed by atoms with E-state index in [0.29, 0.717) is 17.9 Å². The standard InChI is InChI=1S/C12H17NO/c1-8-3-4-9(2)12-11(8)6-5-10(7-14)13-12/h6-9,12H,3-5H2,1-2H3. The fourth-order valence-electron chi connectivity index (χ4n) is 2.51. The molecule has 0 saturated heterocycles. The second-order valence-corrected chi connectivity index (χ2v) is 4.55. The summed E-state index contributed by atoms with van der Waals surface area (Å²) in [5, 5.41) is 0. The highest BCUT2D eigenvalue weighted by atomic mass is 16.1. The molecule has 2 aliphatic rings. The van der Waals surface area contributed by atoms with Gasteiger partial charge in [-0.1, -0.05) is 19.9 Å². The van der Waals surface area contributed by atoms with Gasteiger partial charge in [0, 0.05) is 6.42 Å². The Morgan fingerprint density at radius 2 is 2.21 bits per heavy atom. The molecule has 2 heteroatoms. The number of hydrogen-bond donors (Lipinski definition) is 0. The van der Waals surface area contributed by atoms with E-state index in [4.69, 9.17) is 0 Å². The highest BCUT2D eigenvalue weighted by Crippen LogP contribution is 2.37. The summed E-state index contributed by atoms with van der Waals surface area (Å²) in [7, 11) is 0. The molecular formula is C12H17NO. The highest BCUT2D eigenvalue weighted by Gasteiger charge is 2.31. The summed E-state index contributed by atoms with van der Waals surface area (Å²) in [6.07, 6.45) is 6.38. The maximum absolute atomic E-state index is 10.7. The second-order valence-electron chi connectivity index (χ2n) is 4.55. The lowest BCUT2D eigenvalue weighted by Gasteiger charge is -2.35. The van der Waals surface area contributed by atoms with Gasteiger partial charge in [0.15, 0.2) is 6.29 Å². The van der Waals surface area contributed by atoms with Crippen LogP contribution >= 0.6 is 0 Å². The van der Waals surface area contributed by atoms with Crippen LogP contribution in [-0.4, -0.2) is 18.0 Å². The third-order valence-corrected chi connectivity index (χ3v) is 3.49. The fraction of sp³-hybridized carbons (Fsp3) is 0.667. The number of carbonyl (C=O) groups excluding carboxylic acids is 1. The first kappa shape index (κ1) is 9.63. The topological polar surface area (TPSA) is 29.4 Å². The van der Waals surface area contributed by atoms with Crippen LogP contribution < -0.4 is 0 Å². The lowest BCUT2D eigenvalue weighted by atomic mass is 9.74. The molecule has 14 heavy (non-hydrogen) atoms. The van der Waals surface area contributed by atoms with Gasteiger partial charge >= 0.3 is 0 Å². The minimum absolute atomic E-state index is 0.299. The molecule has 76 valence electrons. The van der Waals surface area contributed by atoms with Crippen molar-refractivity contribution in [2.45, 2.75) is 39.2 Å². The molecule has 0 N–H and O–H groups in total. The summed E-state index contributed by atoms with van der Waals surface area (Å²) >= 11 is 0. The lowest BCUT2D eigenvalue weighted by molar-refractivity contribution is -0.102. The van der Waals surface area contributed by atoms with E-state index in [1.165, 1.54) is 18.4 Å². The van der Waals surface area contributed by atoms with Crippen molar-refractivity contribution < 1.29 is 4.79 Å². The first-order chi connectivity index (χ1) is 6.72. The van der Waals surface area contributed by atoms with Gasteiger partial charge in [-0.3, -0.25) is 9.79 Å². The van der Waals surface area contributed by atoms with E-state index < -0.39 is 0 Å². The van der Waals surface area contributed by atoms with Crippen molar-refractivity contribution in [2.24, 2.45) is 16.8 Å². The maximum Gasteiger partial charge on any atom is 0.164 e. The molecule has 1 aliphatic carbocycles. The molecule has 0 bridgehead atoms. The molecule has 0 aromatic rings. The second kappa shape index (κ2) is 3.68. The lowest BCUT2D eigenvalue weighted by Crippen LogP contribution is -2.31. The van der Waals surface area contributed by atoms with Crippen LogP contribution in [0.3, 0.4) is 0 Å². The van der Waals surface area contributed by atoms with Crippen molar-refractivity contribution >= 4 is 12.0 Å². The summed E-state index contributed by atoms with van der Waals surface area (Å²) in [4.78, 5) is 15.2. The van der Waals surface area contributed by atoms with Crippen molar-refractivity contribution in [3.63, 3.8) is 0 Å². The first-order valence-electron chi connectivity index (χ1n) is 5.44. The quantitative estimate of drug-likeness (QED) is 0.462. The number of aldehydes is 1. The van der Waals surface area contributed by atoms with Crippen molar-refractivity contribution in [1.82, 2.24) is 0 Å². The molecule has 1 heterocycles. The number of fused-ring (bicyclic) bond motifs is 1. The molecule has 1 aliphatic heterocycles. The van der Waals surface area contributed by atoms with Crippen LogP contribution in [0.5, 0.6) is 0 Å². The molecule has 0 spiro atoms. The molecule has 0 radical (unpaired) electrons. The minimum Gasteiger partial charge on any atom is -0.297 e. The predicted octanol–water partition coefficient (Wildman–Crippen LogP) is 2.39. The normalized spacial score (nSPS) is 36.9. The van der Waals surface area contributed by atoms with Crippen molar-refractivity contribution in [1.29, 1.82) is 0 Å². The Morgan fingerprint density at radius 3 is 2.93 bits per heavy atom. The molecule has 3 atom stereocenters. The van der Waals surface area contributed by atoms with Crippen LogP contribution in [0.25, 0.3) is 0 Å². The van der Waals surface area contributed by atoms with Crippen LogP contribution in [0.4, 0.5) is 0 Å². The van der Waals surface area contributed by atoms with E-state index in [2.05, 4.69) is 24.9 Å². The van der Waals surface area contributed by atoms with Gasteiger partial charge in [0.2, 0.25) is 0 Å². The number of carbonyl (C=O) groups is 1. The molecule has 2 rings (SSSR count). The average Bonchev–Trinajstić information content (AvgIpc) is 2.23. The van der Waals surface area contributed by atoms with Gasteiger partial charge < -0.3 is 0 Å². The zero-order valence-corrected chi connectivity index (χ0v) is 8.86. The zero-order valence-electron chi connectivity index (χ0n) is 8.86. The number of nitrogens with zero attached hydrogens (tertiary/aromatic N) is 1. The Bertz CT molecular complexity index is 303. The SMILES string of the molecule is CC1CCC(C)C2N=C(C=O)CC=C12. The van der Waals surface area contributed by atoms with E-state index >= 15 is 0 Å². The predicted molar refractivity (Wildman–Crippen MR) is 57.5 cm³/mol. The van der Waals surface area contributed by atoms with E-state index in [1.807, 2.05) is 0 Å². The van der Waals surface area contributed by atoms with Gasteiger partial charge in [0.1, 0.15) is 0 Å². The van der Waals surface area contributed by atoms with E-state index in [-0.39, 0.29) is 0 Å². The molecule has 0 aromatic carbocycles.